The van der Waals surface area contributed by atoms with Crippen LogP contribution in [-0.4, -0.2) is 23.5 Å². The van der Waals surface area contributed by atoms with Gasteiger partial charge >= 0.3 is 0 Å². The van der Waals surface area contributed by atoms with Crippen molar-refractivity contribution in [1.82, 2.24) is 5.32 Å². The number of hydrogen-bond donors (Lipinski definition) is 2. The Morgan fingerprint density at radius 2 is 2.29 bits per heavy atom. The molecule has 94 valence electrons. The fraction of sp³-hybridized carbons (Fsp3) is 0.571. The zero-order valence-corrected chi connectivity index (χ0v) is 11.2. The zero-order valence-electron chi connectivity index (χ0n) is 10.4. The third-order valence-electron chi connectivity index (χ3n) is 3.24. The zero-order chi connectivity index (χ0) is 12.1. The van der Waals surface area contributed by atoms with Crippen LogP contribution in [0.2, 0.25) is 0 Å². The van der Waals surface area contributed by atoms with Gasteiger partial charge in [-0.05, 0) is 43.6 Å². The van der Waals surface area contributed by atoms with E-state index in [9.17, 15) is 0 Å². The molecule has 0 bridgehead atoms. The van der Waals surface area contributed by atoms with E-state index in [1.807, 2.05) is 11.8 Å². The fourth-order valence-corrected chi connectivity index (χ4v) is 3.40. The summed E-state index contributed by atoms with van der Waals surface area (Å²) in [6.45, 7) is 2.41. The lowest BCUT2D eigenvalue weighted by molar-refractivity contribution is 0.261. The van der Waals surface area contributed by atoms with Gasteiger partial charge in [0.1, 0.15) is 0 Å². The van der Waals surface area contributed by atoms with Crippen molar-refractivity contribution in [1.29, 1.82) is 0 Å². The highest BCUT2D eigenvalue weighted by atomic mass is 32.2. The molecule has 1 aromatic rings. The number of fused-ring (bicyclic) bond motifs is 1. The van der Waals surface area contributed by atoms with Crippen molar-refractivity contribution in [2.75, 3.05) is 12.4 Å². The maximum Gasteiger partial charge on any atom is 0.0445 e. The monoisotopic (exact) mass is 251 g/mol. The molecule has 1 aliphatic rings. The van der Waals surface area contributed by atoms with Crippen molar-refractivity contribution in [3.63, 3.8) is 0 Å². The van der Waals surface area contributed by atoms with Gasteiger partial charge in [-0.15, -0.1) is 11.8 Å². The second-order valence-corrected chi connectivity index (χ2v) is 5.80. The molecule has 0 saturated heterocycles. The highest BCUT2D eigenvalue weighted by molar-refractivity contribution is 7.99. The average Bonchev–Trinajstić information content (AvgIpc) is 2.53. The lowest BCUT2D eigenvalue weighted by Gasteiger charge is -2.23. The van der Waals surface area contributed by atoms with Gasteiger partial charge in [-0.1, -0.05) is 18.2 Å². The van der Waals surface area contributed by atoms with E-state index in [1.165, 1.54) is 29.1 Å². The van der Waals surface area contributed by atoms with Crippen LogP contribution in [0.4, 0.5) is 0 Å². The van der Waals surface area contributed by atoms with Gasteiger partial charge in [-0.25, -0.2) is 0 Å². The number of aliphatic hydroxyl groups is 1. The van der Waals surface area contributed by atoms with Crippen LogP contribution in [-0.2, 0) is 0 Å². The highest BCUT2D eigenvalue weighted by Gasteiger charge is 2.19. The van der Waals surface area contributed by atoms with E-state index in [4.69, 9.17) is 5.11 Å². The Hall–Kier alpha value is -0.510. The second kappa shape index (κ2) is 6.43. The van der Waals surface area contributed by atoms with Gasteiger partial charge in [-0.3, -0.25) is 0 Å². The summed E-state index contributed by atoms with van der Waals surface area (Å²) in [6.07, 6.45) is 3.27. The molecule has 1 aliphatic heterocycles. The van der Waals surface area contributed by atoms with E-state index in [0.29, 0.717) is 12.1 Å². The molecule has 0 aromatic heterocycles. The molecule has 1 aromatic carbocycles. The standard InChI is InChI=1S/C14H21NOS/c1-11(8-9-16)15-13-6-4-10-17-14-7-3-2-5-12(13)14/h2-3,5,7,11,13,15-16H,4,6,8-10H2,1H3/t11-,13-/m0/s1. The Morgan fingerprint density at radius 3 is 3.12 bits per heavy atom. The molecule has 0 saturated carbocycles. The molecule has 0 amide bonds. The summed E-state index contributed by atoms with van der Waals surface area (Å²) in [5.74, 6) is 1.21. The van der Waals surface area contributed by atoms with E-state index < -0.39 is 0 Å². The molecule has 3 heteroatoms. The molecular formula is C14H21NOS. The van der Waals surface area contributed by atoms with Gasteiger partial charge in [0.25, 0.3) is 0 Å². The van der Waals surface area contributed by atoms with Crippen LogP contribution in [0.1, 0.15) is 37.8 Å². The lowest BCUT2D eigenvalue weighted by atomic mass is 10.0. The normalized spacial score (nSPS) is 21.6. The summed E-state index contributed by atoms with van der Waals surface area (Å²) in [5, 5.41) is 12.6. The Bertz CT molecular complexity index is 356. The first-order chi connectivity index (χ1) is 8.31. The molecule has 0 spiro atoms. The van der Waals surface area contributed by atoms with Gasteiger partial charge < -0.3 is 10.4 Å². The molecule has 0 radical (unpaired) electrons. The number of hydrogen-bond acceptors (Lipinski definition) is 3. The third-order valence-corrected chi connectivity index (χ3v) is 4.41. The van der Waals surface area contributed by atoms with Crippen LogP contribution in [0, 0.1) is 0 Å². The molecule has 1 heterocycles. The summed E-state index contributed by atoms with van der Waals surface area (Å²) in [6, 6.07) is 9.51. The maximum atomic E-state index is 8.97. The predicted octanol–water partition coefficient (Wildman–Crippen LogP) is 2.97. The van der Waals surface area contributed by atoms with Crippen molar-refractivity contribution >= 4 is 11.8 Å². The van der Waals surface area contributed by atoms with Crippen LogP contribution >= 0.6 is 11.8 Å². The van der Waals surface area contributed by atoms with E-state index in [0.717, 1.165) is 6.42 Å². The SMILES string of the molecule is C[C@@H](CCO)N[C@H]1CCCSc2ccccc21. The van der Waals surface area contributed by atoms with E-state index >= 15 is 0 Å². The first-order valence-electron chi connectivity index (χ1n) is 6.40. The molecule has 2 N–H and O–H groups in total. The van der Waals surface area contributed by atoms with Crippen molar-refractivity contribution < 1.29 is 5.11 Å². The van der Waals surface area contributed by atoms with Crippen molar-refractivity contribution in [2.45, 2.75) is 43.2 Å². The minimum Gasteiger partial charge on any atom is -0.396 e. The summed E-state index contributed by atoms with van der Waals surface area (Å²) in [4.78, 5) is 1.42. The average molecular weight is 251 g/mol. The molecule has 0 aliphatic carbocycles. The number of nitrogens with one attached hydrogen (secondary N) is 1. The Morgan fingerprint density at radius 1 is 1.47 bits per heavy atom. The van der Waals surface area contributed by atoms with Crippen LogP contribution in [0.3, 0.4) is 0 Å². The van der Waals surface area contributed by atoms with Gasteiger partial charge in [0, 0.05) is 23.6 Å². The number of thioether (sulfide) groups is 1. The van der Waals surface area contributed by atoms with E-state index in [-0.39, 0.29) is 6.61 Å². The van der Waals surface area contributed by atoms with Crippen LogP contribution in [0.25, 0.3) is 0 Å². The maximum absolute atomic E-state index is 8.97. The molecule has 2 rings (SSSR count). The predicted molar refractivity (Wildman–Crippen MR) is 73.4 cm³/mol. The smallest absolute Gasteiger partial charge is 0.0445 e. The Kier molecular flexibility index (Phi) is 4.89. The van der Waals surface area contributed by atoms with Crippen LogP contribution in [0.15, 0.2) is 29.2 Å². The van der Waals surface area contributed by atoms with Gasteiger partial charge in [0.2, 0.25) is 0 Å². The minimum absolute atomic E-state index is 0.261. The molecular weight excluding hydrogens is 230 g/mol. The Balaban J connectivity index is 2.11. The summed E-state index contributed by atoms with van der Waals surface area (Å²) >= 11 is 1.96. The summed E-state index contributed by atoms with van der Waals surface area (Å²) in [7, 11) is 0. The van der Waals surface area contributed by atoms with Crippen molar-refractivity contribution in [3.8, 4) is 0 Å². The Labute approximate surface area is 108 Å². The molecule has 0 unspecified atom stereocenters. The minimum atomic E-state index is 0.261. The number of rotatable bonds is 4. The van der Waals surface area contributed by atoms with E-state index in [1.54, 1.807) is 0 Å². The largest absolute Gasteiger partial charge is 0.396 e. The van der Waals surface area contributed by atoms with Gasteiger partial charge in [0.15, 0.2) is 0 Å². The van der Waals surface area contributed by atoms with Crippen molar-refractivity contribution in [2.24, 2.45) is 0 Å². The quantitative estimate of drug-likeness (QED) is 0.863. The lowest BCUT2D eigenvalue weighted by Crippen LogP contribution is -2.31. The number of aliphatic hydroxyl groups excluding tert-OH is 1. The molecule has 2 atom stereocenters. The second-order valence-electron chi connectivity index (χ2n) is 4.66. The fourth-order valence-electron chi connectivity index (χ4n) is 2.32. The summed E-state index contributed by atoms with van der Waals surface area (Å²) < 4.78 is 0. The highest BCUT2D eigenvalue weighted by Crippen LogP contribution is 2.34. The van der Waals surface area contributed by atoms with E-state index in [2.05, 4.69) is 36.5 Å². The third kappa shape index (κ3) is 3.47. The topological polar surface area (TPSA) is 32.3 Å². The van der Waals surface area contributed by atoms with Crippen LogP contribution < -0.4 is 5.32 Å². The first kappa shape index (κ1) is 12.9. The molecule has 17 heavy (non-hydrogen) atoms. The van der Waals surface area contributed by atoms with Gasteiger partial charge in [0.05, 0.1) is 0 Å². The van der Waals surface area contributed by atoms with Crippen molar-refractivity contribution in [3.05, 3.63) is 29.8 Å². The molecule has 2 nitrogen and oxygen atoms in total. The van der Waals surface area contributed by atoms with Crippen LogP contribution in [0.5, 0.6) is 0 Å². The molecule has 0 fully saturated rings. The number of benzene rings is 1. The van der Waals surface area contributed by atoms with Gasteiger partial charge in [-0.2, -0.15) is 0 Å². The summed E-state index contributed by atoms with van der Waals surface area (Å²) in [5.41, 5.74) is 1.43. The first-order valence-corrected chi connectivity index (χ1v) is 7.38.